The van der Waals surface area contributed by atoms with Crippen LogP contribution < -0.4 is 5.73 Å². The molecule has 156 valence electrons. The molecule has 31 heavy (non-hydrogen) atoms. The van der Waals surface area contributed by atoms with Crippen LogP contribution in [0, 0.1) is 0 Å². The van der Waals surface area contributed by atoms with Crippen LogP contribution in [0.3, 0.4) is 0 Å². The number of aliphatic hydroxyl groups is 2. The van der Waals surface area contributed by atoms with E-state index in [0.717, 1.165) is 17.5 Å². The molecule has 3 heterocycles. The van der Waals surface area contributed by atoms with Gasteiger partial charge in [0, 0.05) is 29.8 Å². The second-order valence-electron chi connectivity index (χ2n) is 7.32. The predicted molar refractivity (Wildman–Crippen MR) is 113 cm³/mol. The maximum Gasteiger partial charge on any atom is 0.270 e. The minimum absolute atomic E-state index is 0.171. The first-order valence-corrected chi connectivity index (χ1v) is 9.85. The van der Waals surface area contributed by atoms with Crippen LogP contribution in [0.1, 0.15) is 12.0 Å². The Morgan fingerprint density at radius 2 is 1.61 bits per heavy atom. The lowest BCUT2D eigenvalue weighted by molar-refractivity contribution is -0.291. The molecular weight excluding hydrogens is 396 g/mol. The molecule has 0 spiro atoms. The summed E-state index contributed by atoms with van der Waals surface area (Å²) in [5.74, 6) is -1.28. The van der Waals surface area contributed by atoms with Gasteiger partial charge in [-0.2, -0.15) is 0 Å². The Morgan fingerprint density at radius 3 is 2.29 bits per heavy atom. The first-order chi connectivity index (χ1) is 15.0. The molecule has 5 rings (SSSR count). The molecule has 4 N–H and O–H groups in total. The highest BCUT2D eigenvalue weighted by molar-refractivity contribution is 5.68. The fourth-order valence-corrected chi connectivity index (χ4v) is 3.39. The topological polar surface area (TPSA) is 134 Å². The number of benzene rings is 2. The van der Waals surface area contributed by atoms with Gasteiger partial charge < -0.3 is 20.4 Å². The molecule has 2 aromatic heterocycles. The largest absolute Gasteiger partial charge is 0.414 e. The van der Waals surface area contributed by atoms with Crippen molar-refractivity contribution in [1.82, 2.24) is 25.1 Å². The summed E-state index contributed by atoms with van der Waals surface area (Å²) in [4.78, 5) is 10.4. The molecule has 1 fully saturated rings. The van der Waals surface area contributed by atoms with Crippen molar-refractivity contribution in [3.05, 3.63) is 66.4 Å². The molecule has 4 aromatic rings. The van der Waals surface area contributed by atoms with Gasteiger partial charge in [0.25, 0.3) is 11.8 Å². The average Bonchev–Trinajstić information content (AvgIpc) is 3.23. The molecule has 2 aromatic carbocycles. The van der Waals surface area contributed by atoms with E-state index in [-0.39, 0.29) is 17.4 Å². The second-order valence-corrected chi connectivity index (χ2v) is 7.32. The van der Waals surface area contributed by atoms with E-state index in [2.05, 4.69) is 20.2 Å². The summed E-state index contributed by atoms with van der Waals surface area (Å²) in [6.07, 6.45) is 2.50. The molecule has 0 aliphatic carbocycles. The third-order valence-electron chi connectivity index (χ3n) is 5.31. The Morgan fingerprint density at radius 1 is 0.903 bits per heavy atom. The molecule has 0 saturated carbocycles. The Labute approximate surface area is 177 Å². The number of rotatable bonds is 5. The zero-order valence-electron chi connectivity index (χ0n) is 16.5. The van der Waals surface area contributed by atoms with Gasteiger partial charge in [-0.3, -0.25) is 0 Å². The van der Waals surface area contributed by atoms with Crippen molar-refractivity contribution >= 4 is 5.82 Å². The average molecular weight is 416 g/mol. The Balaban J connectivity index is 1.44. The van der Waals surface area contributed by atoms with E-state index in [4.69, 9.17) is 10.2 Å². The van der Waals surface area contributed by atoms with E-state index in [9.17, 15) is 10.2 Å². The summed E-state index contributed by atoms with van der Waals surface area (Å²) in [6, 6.07) is 16.2. The van der Waals surface area contributed by atoms with Crippen molar-refractivity contribution in [2.75, 3.05) is 18.8 Å². The minimum atomic E-state index is -1.98. The number of nitrogen functional groups attached to an aromatic ring is 1. The van der Waals surface area contributed by atoms with Gasteiger partial charge in [-0.05, 0) is 18.6 Å². The molecule has 0 atom stereocenters. The highest BCUT2D eigenvalue weighted by Gasteiger charge is 2.37. The molecule has 9 heteroatoms. The number of aromatic nitrogens is 4. The van der Waals surface area contributed by atoms with Crippen molar-refractivity contribution in [3.63, 3.8) is 0 Å². The third kappa shape index (κ3) is 3.55. The third-order valence-corrected chi connectivity index (χ3v) is 5.31. The number of anilines is 1. The number of likely N-dealkylation sites (tertiary alicyclic amines) is 1. The van der Waals surface area contributed by atoms with Gasteiger partial charge in [0.05, 0.1) is 11.9 Å². The van der Waals surface area contributed by atoms with Crippen LogP contribution in [-0.4, -0.2) is 48.4 Å². The van der Waals surface area contributed by atoms with Crippen LogP contribution >= 0.6 is 0 Å². The lowest BCUT2D eigenvalue weighted by atomic mass is 10.0. The number of hydrogen-bond donors (Lipinski definition) is 3. The Kier molecular flexibility index (Phi) is 4.70. The van der Waals surface area contributed by atoms with Gasteiger partial charge in [-0.25, -0.2) is 14.9 Å². The van der Waals surface area contributed by atoms with Crippen LogP contribution in [0.15, 0.2) is 65.2 Å². The summed E-state index contributed by atoms with van der Waals surface area (Å²) in [7, 11) is 0. The van der Waals surface area contributed by atoms with E-state index in [1.54, 1.807) is 35.4 Å². The molecule has 1 aliphatic rings. The summed E-state index contributed by atoms with van der Waals surface area (Å²) in [6.45, 7) is 1.30. The highest BCUT2D eigenvalue weighted by atomic mass is 16.5. The van der Waals surface area contributed by atoms with E-state index in [0.29, 0.717) is 30.2 Å². The predicted octanol–water partition coefficient (Wildman–Crippen LogP) is 2.24. The molecule has 1 saturated heterocycles. The number of nitrogens with zero attached hydrogens (tertiary/aromatic N) is 5. The van der Waals surface area contributed by atoms with Gasteiger partial charge in [-0.1, -0.05) is 42.5 Å². The minimum Gasteiger partial charge on any atom is -0.414 e. The van der Waals surface area contributed by atoms with Crippen LogP contribution in [0.5, 0.6) is 0 Å². The maximum atomic E-state index is 10.4. The van der Waals surface area contributed by atoms with Gasteiger partial charge >= 0.3 is 0 Å². The fourth-order valence-electron chi connectivity index (χ4n) is 3.39. The molecule has 0 unspecified atom stereocenters. The van der Waals surface area contributed by atoms with Crippen LogP contribution in [-0.2, 0) is 5.91 Å². The molecule has 0 bridgehead atoms. The molecule has 1 aliphatic heterocycles. The van der Waals surface area contributed by atoms with Gasteiger partial charge in [0.15, 0.2) is 11.5 Å². The SMILES string of the molecule is Nc1ncc(-c2ccc(C(O)(O)N3CCC3)cc2)nc1-c1nnc(-c2ccccc2)o1. The Bertz CT molecular complexity index is 1200. The number of hydrogen-bond acceptors (Lipinski definition) is 9. The van der Waals surface area contributed by atoms with E-state index in [1.807, 2.05) is 30.3 Å². The van der Waals surface area contributed by atoms with Crippen molar-refractivity contribution in [2.45, 2.75) is 12.3 Å². The lowest BCUT2D eigenvalue weighted by Crippen LogP contribution is -2.53. The monoisotopic (exact) mass is 416 g/mol. The van der Waals surface area contributed by atoms with Crippen molar-refractivity contribution < 1.29 is 14.6 Å². The first-order valence-electron chi connectivity index (χ1n) is 9.85. The quantitative estimate of drug-likeness (QED) is 0.419. The van der Waals surface area contributed by atoms with Gasteiger partial charge in [-0.15, -0.1) is 10.2 Å². The van der Waals surface area contributed by atoms with Gasteiger partial charge in [0.2, 0.25) is 5.89 Å². The molecule has 0 amide bonds. The van der Waals surface area contributed by atoms with Gasteiger partial charge in [0.1, 0.15) is 0 Å². The summed E-state index contributed by atoms with van der Waals surface area (Å²) < 4.78 is 5.76. The lowest BCUT2D eigenvalue weighted by Gasteiger charge is -2.41. The molecular formula is C22H20N6O3. The summed E-state index contributed by atoms with van der Waals surface area (Å²) in [5.41, 5.74) is 8.76. The van der Waals surface area contributed by atoms with Crippen LogP contribution in [0.25, 0.3) is 34.3 Å². The summed E-state index contributed by atoms with van der Waals surface area (Å²) >= 11 is 0. The fraction of sp³-hybridized carbons (Fsp3) is 0.182. The summed E-state index contributed by atoms with van der Waals surface area (Å²) in [5, 5.41) is 28.9. The van der Waals surface area contributed by atoms with Crippen molar-refractivity contribution in [3.8, 4) is 34.3 Å². The standard InChI is InChI=1S/C22H20N6O3/c23-19-18(21-27-26-20(31-21)15-5-2-1-3-6-15)25-17(13-24-19)14-7-9-16(10-8-14)22(29,30)28-11-4-12-28/h1-3,5-10,13,29-30H,4,11-12H2,(H2,23,24). The Hall–Kier alpha value is -3.66. The molecule has 0 radical (unpaired) electrons. The zero-order valence-corrected chi connectivity index (χ0v) is 16.5. The van der Waals surface area contributed by atoms with Crippen LogP contribution in [0.4, 0.5) is 5.82 Å². The second kappa shape index (κ2) is 7.55. The normalized spacial score (nSPS) is 14.4. The van der Waals surface area contributed by atoms with Crippen LogP contribution in [0.2, 0.25) is 0 Å². The van der Waals surface area contributed by atoms with Crippen molar-refractivity contribution in [2.24, 2.45) is 0 Å². The maximum absolute atomic E-state index is 10.4. The highest BCUT2D eigenvalue weighted by Crippen LogP contribution is 2.31. The molecule has 9 nitrogen and oxygen atoms in total. The first kappa shape index (κ1) is 19.3. The van der Waals surface area contributed by atoms with E-state index >= 15 is 0 Å². The zero-order chi connectivity index (χ0) is 21.4. The van der Waals surface area contributed by atoms with E-state index < -0.39 is 5.91 Å². The van der Waals surface area contributed by atoms with E-state index in [1.165, 1.54) is 0 Å². The van der Waals surface area contributed by atoms with Crippen molar-refractivity contribution in [1.29, 1.82) is 0 Å². The number of nitrogens with two attached hydrogens (primary N) is 1. The smallest absolute Gasteiger partial charge is 0.270 e.